The standard InChI is InChI=1S/C19H24N4O2/c1-2-6-16-14-23(18-12-20-17(11-21-18)19(24)25)10-9-22(16)13-15-7-4-3-5-8-15/h3-5,7-8,11-12,16H,2,6,9-10,13-14H2,1H3,(H,24,25). The Balaban J connectivity index is 1.69. The van der Waals surface area contributed by atoms with Crippen LogP contribution in [0.25, 0.3) is 0 Å². The quantitative estimate of drug-likeness (QED) is 0.872. The van der Waals surface area contributed by atoms with E-state index < -0.39 is 5.97 Å². The van der Waals surface area contributed by atoms with Crippen LogP contribution in [0.15, 0.2) is 42.7 Å². The number of benzene rings is 1. The normalized spacial score (nSPS) is 18.3. The van der Waals surface area contributed by atoms with E-state index in [0.29, 0.717) is 6.04 Å². The summed E-state index contributed by atoms with van der Waals surface area (Å²) in [6.45, 7) is 5.89. The van der Waals surface area contributed by atoms with E-state index in [0.717, 1.165) is 44.8 Å². The van der Waals surface area contributed by atoms with Crippen LogP contribution in [0.1, 0.15) is 35.8 Å². The molecule has 132 valence electrons. The highest BCUT2D eigenvalue weighted by Gasteiger charge is 2.27. The second-order valence-electron chi connectivity index (χ2n) is 6.41. The van der Waals surface area contributed by atoms with Crippen molar-refractivity contribution in [3.8, 4) is 0 Å². The molecule has 1 atom stereocenters. The smallest absolute Gasteiger partial charge is 0.356 e. The van der Waals surface area contributed by atoms with Crippen LogP contribution in [0, 0.1) is 0 Å². The molecule has 2 aromatic rings. The molecule has 0 bridgehead atoms. The fourth-order valence-corrected chi connectivity index (χ4v) is 3.33. The number of anilines is 1. The van der Waals surface area contributed by atoms with Gasteiger partial charge in [-0.2, -0.15) is 0 Å². The van der Waals surface area contributed by atoms with Crippen LogP contribution in [0.3, 0.4) is 0 Å². The molecular weight excluding hydrogens is 316 g/mol. The predicted octanol–water partition coefficient (Wildman–Crippen LogP) is 2.67. The number of piperazine rings is 1. The molecule has 0 radical (unpaired) electrons. The Morgan fingerprint density at radius 2 is 2.00 bits per heavy atom. The maximum absolute atomic E-state index is 10.9. The number of aromatic carboxylic acids is 1. The molecule has 6 nitrogen and oxygen atoms in total. The molecule has 2 heterocycles. The first kappa shape index (κ1) is 17.4. The van der Waals surface area contributed by atoms with Crippen molar-refractivity contribution in [3.05, 3.63) is 54.0 Å². The van der Waals surface area contributed by atoms with Gasteiger partial charge in [-0.05, 0) is 12.0 Å². The van der Waals surface area contributed by atoms with Gasteiger partial charge in [-0.3, -0.25) is 4.90 Å². The zero-order chi connectivity index (χ0) is 17.6. The highest BCUT2D eigenvalue weighted by molar-refractivity contribution is 5.84. The van der Waals surface area contributed by atoms with Crippen LogP contribution in [0.4, 0.5) is 5.82 Å². The highest BCUT2D eigenvalue weighted by Crippen LogP contribution is 2.21. The minimum Gasteiger partial charge on any atom is -0.476 e. The van der Waals surface area contributed by atoms with Crippen LogP contribution >= 0.6 is 0 Å². The molecule has 1 aliphatic heterocycles. The number of carboxylic acid groups (broad SMARTS) is 1. The Bertz CT molecular complexity index is 690. The molecule has 6 heteroatoms. The molecule has 0 aliphatic carbocycles. The Labute approximate surface area is 148 Å². The summed E-state index contributed by atoms with van der Waals surface area (Å²) in [6.07, 6.45) is 5.17. The second kappa shape index (κ2) is 8.07. The van der Waals surface area contributed by atoms with Gasteiger partial charge in [0.15, 0.2) is 5.69 Å². The maximum atomic E-state index is 10.9. The van der Waals surface area contributed by atoms with Gasteiger partial charge in [0.1, 0.15) is 5.82 Å². The van der Waals surface area contributed by atoms with Crippen molar-refractivity contribution in [3.63, 3.8) is 0 Å². The Kier molecular flexibility index (Phi) is 5.60. The number of hydrogen-bond acceptors (Lipinski definition) is 5. The second-order valence-corrected chi connectivity index (χ2v) is 6.41. The summed E-state index contributed by atoms with van der Waals surface area (Å²) in [5.74, 6) is -0.291. The van der Waals surface area contributed by atoms with E-state index in [1.165, 1.54) is 11.8 Å². The predicted molar refractivity (Wildman–Crippen MR) is 96.8 cm³/mol. The van der Waals surface area contributed by atoms with Gasteiger partial charge in [0.05, 0.1) is 12.4 Å². The Hall–Kier alpha value is -2.47. The molecule has 1 saturated heterocycles. The molecule has 1 aromatic carbocycles. The third-order valence-corrected chi connectivity index (χ3v) is 4.64. The zero-order valence-corrected chi connectivity index (χ0v) is 14.5. The lowest BCUT2D eigenvalue weighted by atomic mass is 10.1. The number of carboxylic acids is 1. The van der Waals surface area contributed by atoms with Crippen LogP contribution < -0.4 is 4.90 Å². The zero-order valence-electron chi connectivity index (χ0n) is 14.5. The first-order chi connectivity index (χ1) is 12.2. The Morgan fingerprint density at radius 1 is 1.20 bits per heavy atom. The average molecular weight is 340 g/mol. The summed E-state index contributed by atoms with van der Waals surface area (Å²) < 4.78 is 0. The lowest BCUT2D eigenvalue weighted by Crippen LogP contribution is -2.53. The molecule has 0 spiro atoms. The first-order valence-corrected chi connectivity index (χ1v) is 8.75. The van der Waals surface area contributed by atoms with Crippen molar-refractivity contribution >= 4 is 11.8 Å². The summed E-state index contributed by atoms with van der Waals surface area (Å²) in [5.41, 5.74) is 1.32. The van der Waals surface area contributed by atoms with Gasteiger partial charge in [0, 0.05) is 32.2 Å². The molecule has 25 heavy (non-hydrogen) atoms. The molecule has 1 unspecified atom stereocenters. The summed E-state index contributed by atoms with van der Waals surface area (Å²) in [4.78, 5) is 23.9. The van der Waals surface area contributed by atoms with E-state index in [9.17, 15) is 4.79 Å². The van der Waals surface area contributed by atoms with Gasteiger partial charge < -0.3 is 10.0 Å². The molecule has 1 N–H and O–H groups in total. The van der Waals surface area contributed by atoms with Gasteiger partial charge in [-0.15, -0.1) is 0 Å². The van der Waals surface area contributed by atoms with Crippen molar-refractivity contribution in [2.24, 2.45) is 0 Å². The topological polar surface area (TPSA) is 69.6 Å². The van der Waals surface area contributed by atoms with E-state index in [1.807, 2.05) is 6.07 Å². The van der Waals surface area contributed by atoms with Gasteiger partial charge in [0.2, 0.25) is 0 Å². The van der Waals surface area contributed by atoms with Gasteiger partial charge >= 0.3 is 5.97 Å². The molecule has 0 amide bonds. The molecule has 1 aliphatic rings. The summed E-state index contributed by atoms with van der Waals surface area (Å²) in [5, 5.41) is 8.95. The monoisotopic (exact) mass is 340 g/mol. The van der Waals surface area contributed by atoms with Gasteiger partial charge in [-0.25, -0.2) is 14.8 Å². The van der Waals surface area contributed by atoms with E-state index in [-0.39, 0.29) is 5.69 Å². The molecule has 1 fully saturated rings. The summed E-state index contributed by atoms with van der Waals surface area (Å²) in [6, 6.07) is 11.0. The number of aromatic nitrogens is 2. The van der Waals surface area contributed by atoms with E-state index in [1.54, 1.807) is 6.20 Å². The van der Waals surface area contributed by atoms with Crippen LogP contribution in [0.2, 0.25) is 0 Å². The minimum absolute atomic E-state index is 0.0171. The van der Waals surface area contributed by atoms with Crippen molar-refractivity contribution in [2.75, 3.05) is 24.5 Å². The lowest BCUT2D eigenvalue weighted by Gasteiger charge is -2.42. The fraction of sp³-hybridized carbons (Fsp3) is 0.421. The van der Waals surface area contributed by atoms with E-state index in [2.05, 4.69) is 51.0 Å². The highest BCUT2D eigenvalue weighted by atomic mass is 16.4. The number of nitrogens with zero attached hydrogens (tertiary/aromatic N) is 4. The van der Waals surface area contributed by atoms with Crippen LogP contribution in [-0.2, 0) is 6.54 Å². The Morgan fingerprint density at radius 3 is 2.64 bits per heavy atom. The van der Waals surface area contributed by atoms with E-state index >= 15 is 0 Å². The maximum Gasteiger partial charge on any atom is 0.356 e. The number of hydrogen-bond donors (Lipinski definition) is 1. The summed E-state index contributed by atoms with van der Waals surface area (Å²) in [7, 11) is 0. The van der Waals surface area contributed by atoms with E-state index in [4.69, 9.17) is 5.11 Å². The lowest BCUT2D eigenvalue weighted by molar-refractivity contribution is 0.0690. The number of carbonyl (C=O) groups is 1. The van der Waals surface area contributed by atoms with Crippen molar-refractivity contribution < 1.29 is 9.90 Å². The largest absolute Gasteiger partial charge is 0.476 e. The third kappa shape index (κ3) is 4.33. The SMILES string of the molecule is CCCC1CN(c2cnc(C(=O)O)cn2)CCN1Cc1ccccc1. The van der Waals surface area contributed by atoms with Gasteiger partial charge in [-0.1, -0.05) is 43.7 Å². The molecular formula is C19H24N4O2. The van der Waals surface area contributed by atoms with Crippen LogP contribution in [-0.4, -0.2) is 51.6 Å². The molecule has 3 rings (SSSR count). The van der Waals surface area contributed by atoms with Crippen LogP contribution in [0.5, 0.6) is 0 Å². The summed E-state index contributed by atoms with van der Waals surface area (Å²) >= 11 is 0. The fourth-order valence-electron chi connectivity index (χ4n) is 3.33. The van der Waals surface area contributed by atoms with Crippen molar-refractivity contribution in [2.45, 2.75) is 32.4 Å². The molecule has 0 saturated carbocycles. The third-order valence-electron chi connectivity index (χ3n) is 4.64. The van der Waals surface area contributed by atoms with Crippen molar-refractivity contribution in [1.29, 1.82) is 0 Å². The van der Waals surface area contributed by atoms with Gasteiger partial charge in [0.25, 0.3) is 0 Å². The van der Waals surface area contributed by atoms with Crippen molar-refractivity contribution in [1.82, 2.24) is 14.9 Å². The minimum atomic E-state index is -1.05. The number of rotatable bonds is 6. The molecule has 1 aromatic heterocycles. The average Bonchev–Trinajstić information content (AvgIpc) is 2.64. The first-order valence-electron chi connectivity index (χ1n) is 8.75.